The number of aryl methyl sites for hydroxylation is 6. The number of hydrogen-bond donors (Lipinski definition) is 0. The number of ether oxygens (including phenoxy) is 2. The minimum atomic E-state index is 0.908. The van der Waals surface area contributed by atoms with Crippen molar-refractivity contribution in [3.8, 4) is 33.8 Å². The Morgan fingerprint density at radius 1 is 0.429 bits per heavy atom. The van der Waals surface area contributed by atoms with Crippen LogP contribution in [0.5, 0.6) is 11.5 Å². The van der Waals surface area contributed by atoms with Crippen molar-refractivity contribution in [1.29, 1.82) is 0 Å². The number of rotatable bonds is 4. The Labute approximate surface area is 169 Å². The van der Waals surface area contributed by atoms with Gasteiger partial charge in [0.2, 0.25) is 0 Å². The topological polar surface area (TPSA) is 18.5 Å². The number of benzene rings is 3. The fraction of sp³-hybridized carbons (Fsp3) is 0.308. The first kappa shape index (κ1) is 20.0. The predicted molar refractivity (Wildman–Crippen MR) is 119 cm³/mol. The molecule has 0 spiro atoms. The smallest absolute Gasteiger partial charge is 0.119 e. The van der Waals surface area contributed by atoms with E-state index in [1.54, 1.807) is 14.2 Å². The molecule has 0 amide bonds. The van der Waals surface area contributed by atoms with Gasteiger partial charge >= 0.3 is 0 Å². The largest absolute Gasteiger partial charge is 0.497 e. The summed E-state index contributed by atoms with van der Waals surface area (Å²) >= 11 is 0. The van der Waals surface area contributed by atoms with E-state index in [4.69, 9.17) is 9.47 Å². The summed E-state index contributed by atoms with van der Waals surface area (Å²) in [6.07, 6.45) is 0. The third-order valence-electron chi connectivity index (χ3n) is 5.59. The van der Waals surface area contributed by atoms with E-state index in [1.807, 2.05) is 0 Å². The lowest BCUT2D eigenvalue weighted by molar-refractivity contribution is 0.414. The highest BCUT2D eigenvalue weighted by molar-refractivity contribution is 5.83. The maximum absolute atomic E-state index is 5.45. The molecule has 0 fully saturated rings. The molecule has 3 aromatic rings. The lowest BCUT2D eigenvalue weighted by atomic mass is 9.85. The van der Waals surface area contributed by atoms with Gasteiger partial charge in [0.25, 0.3) is 0 Å². The molecule has 0 N–H and O–H groups in total. The molecule has 0 aromatic heterocycles. The molecule has 2 nitrogen and oxygen atoms in total. The first-order chi connectivity index (χ1) is 13.3. The first-order valence-electron chi connectivity index (χ1n) is 9.69. The second-order valence-electron chi connectivity index (χ2n) is 7.75. The summed E-state index contributed by atoms with van der Waals surface area (Å²) in [5, 5.41) is 0. The summed E-state index contributed by atoms with van der Waals surface area (Å²) in [5.41, 5.74) is 12.7. The lowest BCUT2D eigenvalue weighted by Crippen LogP contribution is -1.98. The van der Waals surface area contributed by atoms with Crippen molar-refractivity contribution in [3.63, 3.8) is 0 Å². The van der Waals surface area contributed by atoms with Gasteiger partial charge in [-0.05, 0) is 128 Å². The molecule has 3 rings (SSSR count). The third-order valence-corrected chi connectivity index (χ3v) is 5.59. The van der Waals surface area contributed by atoms with Gasteiger partial charge < -0.3 is 9.47 Å². The SMILES string of the molecule is COc1cc(C)c(-c2cc(-c3c(C)cc(OC)cc3C)c(C)cc2C)c(C)c1. The molecule has 146 valence electrons. The molecule has 0 aliphatic rings. The zero-order chi connectivity index (χ0) is 20.6. The van der Waals surface area contributed by atoms with Gasteiger partial charge in [0.05, 0.1) is 14.2 Å². The average Bonchev–Trinajstić information content (AvgIpc) is 2.63. The van der Waals surface area contributed by atoms with Gasteiger partial charge in [-0.25, -0.2) is 0 Å². The first-order valence-corrected chi connectivity index (χ1v) is 9.69. The van der Waals surface area contributed by atoms with Crippen LogP contribution in [0, 0.1) is 41.5 Å². The number of hydrogen-bond acceptors (Lipinski definition) is 2. The highest BCUT2D eigenvalue weighted by Crippen LogP contribution is 2.39. The van der Waals surface area contributed by atoms with Crippen LogP contribution in [0.3, 0.4) is 0 Å². The van der Waals surface area contributed by atoms with Crippen LogP contribution < -0.4 is 9.47 Å². The van der Waals surface area contributed by atoms with Crippen LogP contribution in [0.15, 0.2) is 36.4 Å². The van der Waals surface area contributed by atoms with Gasteiger partial charge in [0.15, 0.2) is 0 Å². The zero-order valence-corrected chi connectivity index (χ0v) is 18.3. The highest BCUT2D eigenvalue weighted by Gasteiger charge is 2.16. The van der Waals surface area contributed by atoms with Crippen LogP contribution in [-0.2, 0) is 0 Å². The van der Waals surface area contributed by atoms with Gasteiger partial charge in [0, 0.05) is 0 Å². The fourth-order valence-electron chi connectivity index (χ4n) is 4.32. The van der Waals surface area contributed by atoms with E-state index >= 15 is 0 Å². The van der Waals surface area contributed by atoms with E-state index in [-0.39, 0.29) is 0 Å². The Balaban J connectivity index is 2.27. The van der Waals surface area contributed by atoms with Crippen molar-refractivity contribution in [2.75, 3.05) is 14.2 Å². The normalized spacial score (nSPS) is 10.9. The van der Waals surface area contributed by atoms with Gasteiger partial charge in [-0.15, -0.1) is 0 Å². The minimum absolute atomic E-state index is 0.908. The molecule has 28 heavy (non-hydrogen) atoms. The van der Waals surface area contributed by atoms with Crippen LogP contribution in [0.4, 0.5) is 0 Å². The third kappa shape index (κ3) is 3.52. The van der Waals surface area contributed by atoms with E-state index in [9.17, 15) is 0 Å². The number of methoxy groups -OCH3 is 2. The Morgan fingerprint density at radius 3 is 1.04 bits per heavy atom. The van der Waals surface area contributed by atoms with Crippen molar-refractivity contribution >= 4 is 0 Å². The summed E-state index contributed by atoms with van der Waals surface area (Å²) in [7, 11) is 3.44. The summed E-state index contributed by atoms with van der Waals surface area (Å²) in [6, 6.07) is 13.1. The monoisotopic (exact) mass is 374 g/mol. The van der Waals surface area contributed by atoms with Crippen LogP contribution >= 0.6 is 0 Å². The molecule has 0 aliphatic heterocycles. The van der Waals surface area contributed by atoms with Gasteiger partial charge in [-0.3, -0.25) is 0 Å². The maximum Gasteiger partial charge on any atom is 0.119 e. The molecule has 3 aromatic carbocycles. The Bertz CT molecular complexity index is 918. The van der Waals surface area contributed by atoms with E-state index in [1.165, 1.54) is 55.6 Å². The van der Waals surface area contributed by atoms with Crippen LogP contribution in [0.1, 0.15) is 33.4 Å². The molecule has 0 bridgehead atoms. The molecule has 0 unspecified atom stereocenters. The minimum Gasteiger partial charge on any atom is -0.497 e. The summed E-state index contributed by atoms with van der Waals surface area (Å²) in [5.74, 6) is 1.82. The summed E-state index contributed by atoms with van der Waals surface area (Å²) in [4.78, 5) is 0. The van der Waals surface area contributed by atoms with Crippen molar-refractivity contribution in [2.45, 2.75) is 41.5 Å². The average molecular weight is 375 g/mol. The molecule has 0 radical (unpaired) electrons. The van der Waals surface area contributed by atoms with E-state index in [0.717, 1.165) is 11.5 Å². The van der Waals surface area contributed by atoms with Gasteiger partial charge in [-0.1, -0.05) is 6.07 Å². The molecule has 2 heteroatoms. The molecule has 0 heterocycles. The van der Waals surface area contributed by atoms with E-state index in [2.05, 4.69) is 77.9 Å². The quantitative estimate of drug-likeness (QED) is 0.495. The Kier molecular flexibility index (Phi) is 5.51. The van der Waals surface area contributed by atoms with Gasteiger partial charge in [-0.2, -0.15) is 0 Å². The van der Waals surface area contributed by atoms with E-state index in [0.29, 0.717) is 0 Å². The predicted octanol–water partition coefficient (Wildman–Crippen LogP) is 6.89. The van der Waals surface area contributed by atoms with Crippen LogP contribution in [0.2, 0.25) is 0 Å². The van der Waals surface area contributed by atoms with E-state index < -0.39 is 0 Å². The lowest BCUT2D eigenvalue weighted by Gasteiger charge is -2.20. The highest BCUT2D eigenvalue weighted by atomic mass is 16.5. The molecular formula is C26H30O2. The summed E-state index contributed by atoms with van der Waals surface area (Å²) in [6.45, 7) is 13.0. The fourth-order valence-corrected chi connectivity index (χ4v) is 4.32. The van der Waals surface area contributed by atoms with Gasteiger partial charge in [0.1, 0.15) is 11.5 Å². The van der Waals surface area contributed by atoms with Crippen molar-refractivity contribution < 1.29 is 9.47 Å². The van der Waals surface area contributed by atoms with Crippen LogP contribution in [-0.4, -0.2) is 14.2 Å². The Morgan fingerprint density at radius 2 is 0.750 bits per heavy atom. The second-order valence-corrected chi connectivity index (χ2v) is 7.75. The van der Waals surface area contributed by atoms with Crippen molar-refractivity contribution in [3.05, 3.63) is 69.8 Å². The zero-order valence-electron chi connectivity index (χ0n) is 18.3. The maximum atomic E-state index is 5.45. The molecule has 0 atom stereocenters. The molecule has 0 aliphatic carbocycles. The standard InChI is InChI=1S/C26H30O2/c1-15-9-16(2)24(26-19(5)12-22(28-8)13-20(26)6)14-23(15)25-17(3)10-21(27-7)11-18(25)4/h9-14H,1-8H3. The molecule has 0 saturated heterocycles. The van der Waals surface area contributed by atoms with Crippen LogP contribution in [0.25, 0.3) is 22.3 Å². The van der Waals surface area contributed by atoms with Crippen molar-refractivity contribution in [1.82, 2.24) is 0 Å². The Hall–Kier alpha value is -2.74. The van der Waals surface area contributed by atoms with Crippen molar-refractivity contribution in [2.24, 2.45) is 0 Å². The molecule has 0 saturated carbocycles. The summed E-state index contributed by atoms with van der Waals surface area (Å²) < 4.78 is 10.9. The second kappa shape index (κ2) is 7.71. The molecular weight excluding hydrogens is 344 g/mol.